The van der Waals surface area contributed by atoms with Crippen LogP contribution in [0.5, 0.6) is 0 Å². The van der Waals surface area contributed by atoms with E-state index in [2.05, 4.69) is 44.3 Å². The number of hydrogen-bond acceptors (Lipinski definition) is 2. The summed E-state index contributed by atoms with van der Waals surface area (Å²) in [6.45, 7) is 11.5. The van der Waals surface area contributed by atoms with Crippen molar-refractivity contribution in [1.82, 2.24) is 15.1 Å². The Labute approximate surface area is 112 Å². The average Bonchev–Trinajstić information content (AvgIpc) is 2.67. The number of aryl methyl sites for hydroxylation is 2. The third-order valence-corrected chi connectivity index (χ3v) is 3.58. The molecule has 0 aromatic carbocycles. The van der Waals surface area contributed by atoms with Gasteiger partial charge in [0.05, 0.1) is 6.20 Å². The molecule has 0 saturated heterocycles. The van der Waals surface area contributed by atoms with Crippen LogP contribution in [0, 0.1) is 11.3 Å². The van der Waals surface area contributed by atoms with E-state index < -0.39 is 0 Å². The first-order chi connectivity index (χ1) is 8.43. The van der Waals surface area contributed by atoms with Crippen LogP contribution in [0.4, 0.5) is 0 Å². The SMILES string of the molecule is CCCNCC(CCc1cnn(C)c1)C(C)(C)C. The summed E-state index contributed by atoms with van der Waals surface area (Å²) in [7, 11) is 1.98. The molecule has 1 N–H and O–H groups in total. The third-order valence-electron chi connectivity index (χ3n) is 3.58. The Bertz CT molecular complexity index is 336. The van der Waals surface area contributed by atoms with E-state index in [1.54, 1.807) is 0 Å². The minimum Gasteiger partial charge on any atom is -0.316 e. The molecule has 0 fully saturated rings. The Kier molecular flexibility index (Phi) is 5.86. The largest absolute Gasteiger partial charge is 0.316 e. The van der Waals surface area contributed by atoms with E-state index in [1.807, 2.05) is 17.9 Å². The lowest BCUT2D eigenvalue weighted by molar-refractivity contribution is 0.219. The zero-order valence-corrected chi connectivity index (χ0v) is 12.7. The van der Waals surface area contributed by atoms with Gasteiger partial charge in [-0.3, -0.25) is 4.68 Å². The number of aromatic nitrogens is 2. The molecule has 1 aromatic heterocycles. The van der Waals surface area contributed by atoms with Crippen molar-refractivity contribution in [1.29, 1.82) is 0 Å². The van der Waals surface area contributed by atoms with Gasteiger partial charge in [-0.1, -0.05) is 27.7 Å². The van der Waals surface area contributed by atoms with Gasteiger partial charge in [-0.15, -0.1) is 0 Å². The van der Waals surface area contributed by atoms with Crippen LogP contribution in [0.25, 0.3) is 0 Å². The van der Waals surface area contributed by atoms with E-state index in [1.165, 1.54) is 18.4 Å². The lowest BCUT2D eigenvalue weighted by Crippen LogP contribution is -2.32. The van der Waals surface area contributed by atoms with Gasteiger partial charge in [-0.05, 0) is 49.2 Å². The van der Waals surface area contributed by atoms with Gasteiger partial charge in [0, 0.05) is 13.2 Å². The first kappa shape index (κ1) is 15.2. The molecule has 1 atom stereocenters. The minimum atomic E-state index is 0.364. The fourth-order valence-corrected chi connectivity index (χ4v) is 2.24. The molecule has 1 heterocycles. The van der Waals surface area contributed by atoms with Crippen LogP contribution in [0.3, 0.4) is 0 Å². The number of nitrogens with zero attached hydrogens (tertiary/aromatic N) is 2. The molecule has 0 bridgehead atoms. The third kappa shape index (κ3) is 5.21. The fourth-order valence-electron chi connectivity index (χ4n) is 2.24. The maximum Gasteiger partial charge on any atom is 0.0521 e. The van der Waals surface area contributed by atoms with E-state index in [0.29, 0.717) is 11.3 Å². The quantitative estimate of drug-likeness (QED) is 0.755. The van der Waals surface area contributed by atoms with Crippen LogP contribution in [-0.2, 0) is 13.5 Å². The molecule has 1 aromatic rings. The van der Waals surface area contributed by atoms with Crippen LogP contribution in [0.15, 0.2) is 12.4 Å². The second-order valence-electron chi connectivity index (χ2n) is 6.33. The van der Waals surface area contributed by atoms with Crippen molar-refractivity contribution in [3.63, 3.8) is 0 Å². The Morgan fingerprint density at radius 3 is 2.61 bits per heavy atom. The van der Waals surface area contributed by atoms with Crippen LogP contribution in [0.2, 0.25) is 0 Å². The van der Waals surface area contributed by atoms with Crippen molar-refractivity contribution >= 4 is 0 Å². The predicted molar refractivity (Wildman–Crippen MR) is 77.6 cm³/mol. The van der Waals surface area contributed by atoms with Gasteiger partial charge in [0.25, 0.3) is 0 Å². The summed E-state index contributed by atoms with van der Waals surface area (Å²) in [5, 5.41) is 7.80. The maximum atomic E-state index is 4.23. The van der Waals surface area contributed by atoms with Crippen LogP contribution >= 0.6 is 0 Å². The second-order valence-corrected chi connectivity index (χ2v) is 6.33. The fraction of sp³-hybridized carbons (Fsp3) is 0.800. The summed E-state index contributed by atoms with van der Waals surface area (Å²) in [6, 6.07) is 0. The topological polar surface area (TPSA) is 29.9 Å². The molecule has 0 radical (unpaired) electrons. The van der Waals surface area contributed by atoms with Crippen molar-refractivity contribution in [3.05, 3.63) is 18.0 Å². The molecule has 0 aliphatic heterocycles. The standard InChI is InChI=1S/C15H29N3/c1-6-9-16-11-14(15(2,3)4)8-7-13-10-17-18(5)12-13/h10,12,14,16H,6-9,11H2,1-5H3. The van der Waals surface area contributed by atoms with Crippen molar-refractivity contribution in [3.8, 4) is 0 Å². The van der Waals surface area contributed by atoms with Gasteiger partial charge in [-0.25, -0.2) is 0 Å². The molecular weight excluding hydrogens is 222 g/mol. The molecule has 104 valence electrons. The maximum absolute atomic E-state index is 4.23. The zero-order chi connectivity index (χ0) is 13.6. The van der Waals surface area contributed by atoms with Gasteiger partial charge in [0.15, 0.2) is 0 Å². The first-order valence-corrected chi connectivity index (χ1v) is 7.11. The molecule has 18 heavy (non-hydrogen) atoms. The van der Waals surface area contributed by atoms with E-state index in [9.17, 15) is 0 Å². The van der Waals surface area contributed by atoms with E-state index in [-0.39, 0.29) is 0 Å². The Morgan fingerprint density at radius 2 is 2.11 bits per heavy atom. The summed E-state index contributed by atoms with van der Waals surface area (Å²) in [5.74, 6) is 0.712. The number of rotatable bonds is 7. The smallest absolute Gasteiger partial charge is 0.0521 e. The molecule has 0 aliphatic carbocycles. The van der Waals surface area contributed by atoms with Gasteiger partial charge in [-0.2, -0.15) is 5.10 Å². The predicted octanol–water partition coefficient (Wildman–Crippen LogP) is 3.01. The minimum absolute atomic E-state index is 0.364. The molecular formula is C15H29N3. The molecule has 3 heteroatoms. The van der Waals surface area contributed by atoms with Crippen molar-refractivity contribution in [2.45, 2.75) is 47.0 Å². The second kappa shape index (κ2) is 6.93. The summed E-state index contributed by atoms with van der Waals surface area (Å²) >= 11 is 0. The van der Waals surface area contributed by atoms with Crippen LogP contribution in [0.1, 0.15) is 46.1 Å². The average molecular weight is 251 g/mol. The molecule has 1 unspecified atom stereocenters. The summed E-state index contributed by atoms with van der Waals surface area (Å²) < 4.78 is 1.89. The highest BCUT2D eigenvalue weighted by Gasteiger charge is 2.23. The highest BCUT2D eigenvalue weighted by Crippen LogP contribution is 2.29. The lowest BCUT2D eigenvalue weighted by Gasteiger charge is -2.31. The molecule has 3 nitrogen and oxygen atoms in total. The molecule has 1 rings (SSSR count). The van der Waals surface area contributed by atoms with E-state index in [4.69, 9.17) is 0 Å². The van der Waals surface area contributed by atoms with Crippen molar-refractivity contribution < 1.29 is 0 Å². The highest BCUT2D eigenvalue weighted by molar-refractivity contribution is 5.04. The van der Waals surface area contributed by atoms with Gasteiger partial charge >= 0.3 is 0 Å². The summed E-state index contributed by atoms with van der Waals surface area (Å²) in [6.07, 6.45) is 7.67. The zero-order valence-electron chi connectivity index (χ0n) is 12.7. The monoisotopic (exact) mass is 251 g/mol. The van der Waals surface area contributed by atoms with Crippen LogP contribution in [-0.4, -0.2) is 22.9 Å². The van der Waals surface area contributed by atoms with Crippen molar-refractivity contribution in [2.75, 3.05) is 13.1 Å². The van der Waals surface area contributed by atoms with Gasteiger partial charge in [0.2, 0.25) is 0 Å². The normalized spacial score (nSPS) is 13.8. The lowest BCUT2D eigenvalue weighted by atomic mass is 9.77. The Balaban J connectivity index is 2.45. The Hall–Kier alpha value is -0.830. The highest BCUT2D eigenvalue weighted by atomic mass is 15.2. The van der Waals surface area contributed by atoms with E-state index in [0.717, 1.165) is 19.5 Å². The Morgan fingerprint density at radius 1 is 1.39 bits per heavy atom. The molecule has 0 aliphatic rings. The number of nitrogens with one attached hydrogen (secondary N) is 1. The van der Waals surface area contributed by atoms with Gasteiger partial charge in [0.1, 0.15) is 0 Å². The first-order valence-electron chi connectivity index (χ1n) is 7.11. The summed E-state index contributed by atoms with van der Waals surface area (Å²) in [5.41, 5.74) is 1.71. The van der Waals surface area contributed by atoms with Crippen LogP contribution < -0.4 is 5.32 Å². The van der Waals surface area contributed by atoms with Crippen molar-refractivity contribution in [2.24, 2.45) is 18.4 Å². The molecule has 0 saturated carbocycles. The number of hydrogen-bond donors (Lipinski definition) is 1. The molecule has 0 spiro atoms. The van der Waals surface area contributed by atoms with Gasteiger partial charge < -0.3 is 5.32 Å². The molecule has 0 amide bonds. The summed E-state index contributed by atoms with van der Waals surface area (Å²) in [4.78, 5) is 0. The van der Waals surface area contributed by atoms with E-state index >= 15 is 0 Å².